The van der Waals surface area contributed by atoms with Crippen LogP contribution in [0.2, 0.25) is 0 Å². The fourth-order valence-corrected chi connectivity index (χ4v) is 5.30. The zero-order chi connectivity index (χ0) is 19.1. The summed E-state index contributed by atoms with van der Waals surface area (Å²) in [5, 5.41) is 0. The maximum absolute atomic E-state index is 15.0. The lowest BCUT2D eigenvalue weighted by atomic mass is 9.72. The predicted octanol–water partition coefficient (Wildman–Crippen LogP) is 3.94. The van der Waals surface area contributed by atoms with Crippen molar-refractivity contribution in [2.45, 2.75) is 89.9 Å². The number of halogens is 2. The largest absolute Gasteiger partial charge is 0.301 e. The fourth-order valence-electron chi connectivity index (χ4n) is 5.30. The van der Waals surface area contributed by atoms with Crippen LogP contribution in [0.15, 0.2) is 0 Å². The number of alkyl halides is 2. The summed E-state index contributed by atoms with van der Waals surface area (Å²) in [5.41, 5.74) is 0. The Morgan fingerprint density at radius 3 is 2.08 bits per heavy atom. The first-order valence-electron chi connectivity index (χ1n) is 10.8. The Morgan fingerprint density at radius 1 is 0.962 bits per heavy atom. The van der Waals surface area contributed by atoms with Crippen molar-refractivity contribution >= 4 is 0 Å². The van der Waals surface area contributed by atoms with E-state index in [1.807, 2.05) is 11.9 Å². The average Bonchev–Trinajstić information content (AvgIpc) is 2.52. The van der Waals surface area contributed by atoms with Crippen molar-refractivity contribution in [2.24, 2.45) is 11.8 Å². The van der Waals surface area contributed by atoms with Crippen LogP contribution in [-0.2, 0) is 0 Å². The molecule has 0 amide bonds. The molecule has 0 N–H and O–H groups in total. The third-order valence-electron chi connectivity index (χ3n) is 7.50. The van der Waals surface area contributed by atoms with Crippen molar-refractivity contribution < 1.29 is 8.78 Å². The molecule has 152 valence electrons. The lowest BCUT2D eigenvalue weighted by Crippen LogP contribution is -2.63. The second kappa shape index (κ2) is 8.00. The zero-order valence-electron chi connectivity index (χ0n) is 17.4. The monoisotopic (exact) mass is 371 g/mol. The second-order valence-corrected chi connectivity index (χ2v) is 9.69. The van der Waals surface area contributed by atoms with Crippen LogP contribution < -0.4 is 0 Å². The van der Waals surface area contributed by atoms with Gasteiger partial charge >= 0.3 is 0 Å². The highest BCUT2D eigenvalue weighted by atomic mass is 19.3. The SMILES string of the molecule is CC(C)C1CC(N2CCC(N(C)C3CCN(C(C)C)CC3)C(F)(F)C2)C1. The van der Waals surface area contributed by atoms with Gasteiger partial charge in [0.05, 0.1) is 12.6 Å². The van der Waals surface area contributed by atoms with Crippen molar-refractivity contribution in [2.75, 3.05) is 33.2 Å². The van der Waals surface area contributed by atoms with Crippen LogP contribution in [0, 0.1) is 11.8 Å². The molecule has 0 bridgehead atoms. The van der Waals surface area contributed by atoms with Gasteiger partial charge in [0, 0.05) is 24.7 Å². The van der Waals surface area contributed by atoms with E-state index < -0.39 is 12.0 Å². The molecule has 0 aromatic heterocycles. The number of likely N-dealkylation sites (tertiary alicyclic amines) is 2. The number of rotatable bonds is 5. The second-order valence-electron chi connectivity index (χ2n) is 9.69. The molecule has 3 fully saturated rings. The highest BCUT2D eigenvalue weighted by molar-refractivity contribution is 4.99. The van der Waals surface area contributed by atoms with E-state index in [4.69, 9.17) is 0 Å². The zero-order valence-corrected chi connectivity index (χ0v) is 17.4. The Balaban J connectivity index is 1.52. The fraction of sp³-hybridized carbons (Fsp3) is 1.00. The van der Waals surface area contributed by atoms with Crippen molar-refractivity contribution in [3.8, 4) is 0 Å². The molecule has 3 aliphatic rings. The maximum atomic E-state index is 15.0. The summed E-state index contributed by atoms with van der Waals surface area (Å²) in [6, 6.07) is 0.675. The maximum Gasteiger partial charge on any atom is 0.275 e. The highest BCUT2D eigenvalue weighted by Gasteiger charge is 2.50. The van der Waals surface area contributed by atoms with E-state index in [9.17, 15) is 0 Å². The lowest BCUT2D eigenvalue weighted by Gasteiger charge is -2.51. The Morgan fingerprint density at radius 2 is 1.58 bits per heavy atom. The van der Waals surface area contributed by atoms with Crippen LogP contribution in [0.5, 0.6) is 0 Å². The molecular weight excluding hydrogens is 332 g/mol. The van der Waals surface area contributed by atoms with Crippen molar-refractivity contribution in [1.29, 1.82) is 0 Å². The first kappa shape index (κ1) is 20.5. The van der Waals surface area contributed by atoms with E-state index in [1.165, 1.54) is 0 Å². The van der Waals surface area contributed by atoms with Crippen LogP contribution in [0.25, 0.3) is 0 Å². The van der Waals surface area contributed by atoms with Crippen LogP contribution in [0.4, 0.5) is 8.78 Å². The van der Waals surface area contributed by atoms with E-state index in [2.05, 4.69) is 37.5 Å². The van der Waals surface area contributed by atoms with Crippen molar-refractivity contribution in [3.05, 3.63) is 0 Å². The summed E-state index contributed by atoms with van der Waals surface area (Å²) in [4.78, 5) is 6.59. The molecular formula is C21H39F2N3. The molecule has 1 unspecified atom stereocenters. The van der Waals surface area contributed by atoms with Gasteiger partial charge in [-0.1, -0.05) is 13.8 Å². The van der Waals surface area contributed by atoms with E-state index in [1.54, 1.807) is 0 Å². The molecule has 0 aromatic carbocycles. The number of hydrogen-bond acceptors (Lipinski definition) is 3. The minimum Gasteiger partial charge on any atom is -0.301 e. The van der Waals surface area contributed by atoms with Gasteiger partial charge in [0.1, 0.15) is 0 Å². The first-order valence-corrected chi connectivity index (χ1v) is 10.8. The number of piperidine rings is 2. The molecule has 3 rings (SSSR count). The molecule has 0 radical (unpaired) electrons. The van der Waals surface area contributed by atoms with E-state index >= 15 is 8.78 Å². The van der Waals surface area contributed by atoms with Gasteiger partial charge in [-0.2, -0.15) is 0 Å². The molecule has 5 heteroatoms. The predicted molar refractivity (Wildman–Crippen MR) is 104 cm³/mol. The van der Waals surface area contributed by atoms with Gasteiger partial charge in [0.15, 0.2) is 0 Å². The average molecular weight is 372 g/mol. The summed E-state index contributed by atoms with van der Waals surface area (Å²) in [6.07, 6.45) is 4.87. The first-order chi connectivity index (χ1) is 12.2. The minimum absolute atomic E-state index is 0.0394. The summed E-state index contributed by atoms with van der Waals surface area (Å²) < 4.78 is 30.0. The molecule has 3 nitrogen and oxygen atoms in total. The Kier molecular flexibility index (Phi) is 6.30. The van der Waals surface area contributed by atoms with Crippen LogP contribution >= 0.6 is 0 Å². The van der Waals surface area contributed by atoms with Gasteiger partial charge in [0.25, 0.3) is 5.92 Å². The normalized spacial score (nSPS) is 34.6. The molecule has 26 heavy (non-hydrogen) atoms. The van der Waals surface area contributed by atoms with Gasteiger partial charge in [-0.05, 0) is 77.9 Å². The molecule has 2 aliphatic heterocycles. The van der Waals surface area contributed by atoms with E-state index in [0.29, 0.717) is 30.5 Å². The highest BCUT2D eigenvalue weighted by Crippen LogP contribution is 2.41. The third-order valence-corrected chi connectivity index (χ3v) is 7.50. The number of hydrogen-bond donors (Lipinski definition) is 0. The smallest absolute Gasteiger partial charge is 0.275 e. The van der Waals surface area contributed by atoms with E-state index in [-0.39, 0.29) is 6.54 Å². The van der Waals surface area contributed by atoms with Crippen LogP contribution in [-0.4, -0.2) is 78.0 Å². The summed E-state index contributed by atoms with van der Waals surface area (Å²) in [5.74, 6) is -1.17. The van der Waals surface area contributed by atoms with Gasteiger partial charge in [0.2, 0.25) is 0 Å². The lowest BCUT2D eigenvalue weighted by molar-refractivity contribution is -0.149. The quantitative estimate of drug-likeness (QED) is 0.725. The van der Waals surface area contributed by atoms with Gasteiger partial charge < -0.3 is 4.90 Å². The standard InChI is InChI=1S/C21H39F2N3/c1-15(2)17-12-19(13-17)26-11-8-20(21(22,23)14-26)24(5)18-6-9-25(10-7-18)16(3)4/h15-20H,6-14H2,1-5H3. The van der Waals surface area contributed by atoms with Crippen molar-refractivity contribution in [3.63, 3.8) is 0 Å². The molecule has 1 atom stereocenters. The molecule has 1 saturated carbocycles. The summed E-state index contributed by atoms with van der Waals surface area (Å²) in [6.45, 7) is 11.8. The van der Waals surface area contributed by atoms with Crippen molar-refractivity contribution in [1.82, 2.24) is 14.7 Å². The minimum atomic E-state index is -2.59. The van der Waals surface area contributed by atoms with Gasteiger partial charge in [-0.15, -0.1) is 0 Å². The Bertz CT molecular complexity index is 454. The third kappa shape index (κ3) is 4.25. The Hall–Kier alpha value is -0.260. The summed E-state index contributed by atoms with van der Waals surface area (Å²) in [7, 11) is 1.95. The van der Waals surface area contributed by atoms with Crippen LogP contribution in [0.1, 0.15) is 59.8 Å². The molecule has 1 aliphatic carbocycles. The van der Waals surface area contributed by atoms with Gasteiger partial charge in [-0.3, -0.25) is 9.80 Å². The molecule has 2 heterocycles. The molecule has 0 aromatic rings. The molecule has 0 spiro atoms. The van der Waals surface area contributed by atoms with Gasteiger partial charge in [-0.25, -0.2) is 8.78 Å². The topological polar surface area (TPSA) is 9.72 Å². The Labute approximate surface area is 159 Å². The van der Waals surface area contributed by atoms with E-state index in [0.717, 1.165) is 51.2 Å². The summed E-state index contributed by atoms with van der Waals surface area (Å²) >= 11 is 0. The van der Waals surface area contributed by atoms with Crippen LogP contribution in [0.3, 0.4) is 0 Å². The molecule has 2 saturated heterocycles. The number of nitrogens with zero attached hydrogens (tertiary/aromatic N) is 3.